The molecule has 7 nitrogen and oxygen atoms in total. The van der Waals surface area contributed by atoms with E-state index in [4.69, 9.17) is 21.1 Å². The van der Waals surface area contributed by atoms with Gasteiger partial charge in [-0.2, -0.15) is 0 Å². The molecule has 2 N–H and O–H groups in total. The summed E-state index contributed by atoms with van der Waals surface area (Å²) in [6.07, 6.45) is 0.997. The minimum atomic E-state index is -3.52. The first-order valence-electron chi connectivity index (χ1n) is 7.04. The van der Waals surface area contributed by atoms with Gasteiger partial charge >= 0.3 is 0 Å². The molecule has 0 bridgehead atoms. The minimum Gasteiger partial charge on any atom is -0.497 e. The largest absolute Gasteiger partial charge is 0.497 e. The summed E-state index contributed by atoms with van der Waals surface area (Å²) in [5, 5.41) is 2.88. The van der Waals surface area contributed by atoms with Crippen LogP contribution in [0.4, 0.5) is 11.4 Å². The van der Waals surface area contributed by atoms with Crippen molar-refractivity contribution in [2.45, 2.75) is 0 Å². The van der Waals surface area contributed by atoms with Crippen molar-refractivity contribution in [3.05, 3.63) is 47.0 Å². The van der Waals surface area contributed by atoms with Crippen molar-refractivity contribution in [2.24, 2.45) is 0 Å². The highest BCUT2D eigenvalue weighted by atomic mass is 35.5. The molecule has 0 aromatic heterocycles. The standard InChI is InChI=1S/C16H17ClN2O5S/c1-23-11-5-7-15(24-2)14(9-11)18-16(20)10-4-6-12(17)13(8-10)19-25(3,21)22/h4-9,19H,1-3H3,(H,18,20). The minimum absolute atomic E-state index is 0.120. The maximum Gasteiger partial charge on any atom is 0.255 e. The van der Waals surface area contributed by atoms with E-state index in [1.165, 1.54) is 32.4 Å². The number of nitrogens with one attached hydrogen (secondary N) is 2. The van der Waals surface area contributed by atoms with Crippen LogP contribution in [0.15, 0.2) is 36.4 Å². The van der Waals surface area contributed by atoms with Crippen LogP contribution in [0, 0.1) is 0 Å². The Morgan fingerprint density at radius 1 is 1.04 bits per heavy atom. The van der Waals surface area contributed by atoms with Crippen molar-refractivity contribution < 1.29 is 22.7 Å². The number of ether oxygens (including phenoxy) is 2. The third kappa shape index (κ3) is 5.01. The van der Waals surface area contributed by atoms with Gasteiger partial charge in [0.15, 0.2) is 0 Å². The van der Waals surface area contributed by atoms with Gasteiger partial charge in [0.2, 0.25) is 10.0 Å². The molecule has 0 radical (unpaired) electrons. The Labute approximate surface area is 151 Å². The van der Waals surface area contributed by atoms with Crippen LogP contribution in [0.2, 0.25) is 5.02 Å². The first-order valence-corrected chi connectivity index (χ1v) is 9.31. The Balaban J connectivity index is 2.31. The summed E-state index contributed by atoms with van der Waals surface area (Å²) < 4.78 is 35.4. The fourth-order valence-electron chi connectivity index (χ4n) is 2.05. The number of sulfonamides is 1. The highest BCUT2D eigenvalue weighted by Gasteiger charge is 2.14. The Bertz CT molecular complexity index is 899. The van der Waals surface area contributed by atoms with E-state index in [1.807, 2.05) is 0 Å². The molecule has 2 rings (SSSR count). The van der Waals surface area contributed by atoms with Crippen molar-refractivity contribution in [1.29, 1.82) is 0 Å². The van der Waals surface area contributed by atoms with Crippen LogP contribution in [-0.2, 0) is 10.0 Å². The first-order chi connectivity index (χ1) is 11.7. The summed E-state index contributed by atoms with van der Waals surface area (Å²) in [6, 6.07) is 9.25. The van der Waals surface area contributed by atoms with Crippen molar-refractivity contribution in [3.63, 3.8) is 0 Å². The zero-order valence-electron chi connectivity index (χ0n) is 13.8. The fourth-order valence-corrected chi connectivity index (χ4v) is 2.84. The lowest BCUT2D eigenvalue weighted by molar-refractivity contribution is 0.102. The Hall–Kier alpha value is -2.45. The molecule has 0 saturated carbocycles. The summed E-state index contributed by atoms with van der Waals surface area (Å²) in [7, 11) is -0.534. The van der Waals surface area contributed by atoms with Crippen LogP contribution in [0.3, 0.4) is 0 Å². The van der Waals surface area contributed by atoms with E-state index in [0.717, 1.165) is 6.26 Å². The molecule has 0 fully saturated rings. The second kappa shape index (κ2) is 7.62. The second-order valence-electron chi connectivity index (χ2n) is 5.09. The molecule has 0 spiro atoms. The lowest BCUT2D eigenvalue weighted by Gasteiger charge is -2.13. The molecule has 0 unspecified atom stereocenters. The van der Waals surface area contributed by atoms with E-state index in [9.17, 15) is 13.2 Å². The van der Waals surface area contributed by atoms with Crippen molar-refractivity contribution in [1.82, 2.24) is 0 Å². The lowest BCUT2D eigenvalue weighted by atomic mass is 10.2. The van der Waals surface area contributed by atoms with E-state index in [2.05, 4.69) is 10.0 Å². The van der Waals surface area contributed by atoms with E-state index in [0.29, 0.717) is 17.2 Å². The predicted molar refractivity (Wildman–Crippen MR) is 97.4 cm³/mol. The molecule has 0 aliphatic carbocycles. The molecule has 0 atom stereocenters. The van der Waals surface area contributed by atoms with Crippen LogP contribution >= 0.6 is 11.6 Å². The van der Waals surface area contributed by atoms with Gasteiger partial charge in [-0.1, -0.05) is 11.6 Å². The topological polar surface area (TPSA) is 93.7 Å². The molecule has 0 heterocycles. The molecule has 9 heteroatoms. The Kier molecular flexibility index (Phi) is 5.76. The van der Waals surface area contributed by atoms with Gasteiger partial charge in [-0.15, -0.1) is 0 Å². The molecule has 2 aromatic carbocycles. The van der Waals surface area contributed by atoms with E-state index < -0.39 is 15.9 Å². The van der Waals surface area contributed by atoms with Gasteiger partial charge in [0.1, 0.15) is 11.5 Å². The monoisotopic (exact) mass is 384 g/mol. The van der Waals surface area contributed by atoms with Gasteiger partial charge in [-0.3, -0.25) is 9.52 Å². The van der Waals surface area contributed by atoms with E-state index in [1.54, 1.807) is 18.2 Å². The third-order valence-electron chi connectivity index (χ3n) is 3.18. The zero-order valence-corrected chi connectivity index (χ0v) is 15.4. The summed E-state index contributed by atoms with van der Waals surface area (Å²) in [6.45, 7) is 0. The molecule has 0 aliphatic heterocycles. The first kappa shape index (κ1) is 18.9. The number of amides is 1. The number of carbonyl (C=O) groups is 1. The van der Waals surface area contributed by atoms with Crippen molar-refractivity contribution in [3.8, 4) is 11.5 Å². The quantitative estimate of drug-likeness (QED) is 0.798. The molecular weight excluding hydrogens is 368 g/mol. The van der Waals surface area contributed by atoms with Crippen molar-refractivity contribution >= 4 is 38.9 Å². The van der Waals surface area contributed by atoms with Crippen LogP contribution < -0.4 is 19.5 Å². The average molecular weight is 385 g/mol. The lowest BCUT2D eigenvalue weighted by Crippen LogP contribution is -2.14. The molecule has 2 aromatic rings. The smallest absolute Gasteiger partial charge is 0.255 e. The summed E-state index contributed by atoms with van der Waals surface area (Å²) >= 11 is 5.96. The van der Waals surface area contributed by atoms with Crippen LogP contribution in [-0.4, -0.2) is 34.8 Å². The Morgan fingerprint density at radius 3 is 2.36 bits per heavy atom. The highest BCUT2D eigenvalue weighted by molar-refractivity contribution is 7.92. The normalized spacial score (nSPS) is 10.9. The number of hydrogen-bond donors (Lipinski definition) is 2. The van der Waals surface area contributed by atoms with Gasteiger partial charge in [-0.05, 0) is 30.3 Å². The van der Waals surface area contributed by atoms with Crippen molar-refractivity contribution in [2.75, 3.05) is 30.5 Å². The molecule has 1 amide bonds. The van der Waals surface area contributed by atoms with Crippen LogP contribution in [0.25, 0.3) is 0 Å². The predicted octanol–water partition coefficient (Wildman–Crippen LogP) is 2.98. The maximum atomic E-state index is 12.5. The van der Waals surface area contributed by atoms with Gasteiger partial charge in [-0.25, -0.2) is 8.42 Å². The van der Waals surface area contributed by atoms with Gasteiger partial charge in [0, 0.05) is 11.6 Å². The summed E-state index contributed by atoms with van der Waals surface area (Å²) in [4.78, 5) is 12.5. The second-order valence-corrected chi connectivity index (χ2v) is 7.24. The molecule has 134 valence electrons. The number of benzene rings is 2. The molecule has 0 saturated heterocycles. The number of rotatable bonds is 6. The fraction of sp³-hybridized carbons (Fsp3) is 0.188. The molecule has 0 aliphatic rings. The Morgan fingerprint density at radius 2 is 1.76 bits per heavy atom. The van der Waals surface area contributed by atoms with Gasteiger partial charge < -0.3 is 14.8 Å². The van der Waals surface area contributed by atoms with Crippen LogP contribution in [0.1, 0.15) is 10.4 Å². The number of methoxy groups -OCH3 is 2. The number of anilines is 2. The number of carbonyl (C=O) groups excluding carboxylic acids is 1. The highest BCUT2D eigenvalue weighted by Crippen LogP contribution is 2.30. The van der Waals surface area contributed by atoms with Crippen LogP contribution in [0.5, 0.6) is 11.5 Å². The molecular formula is C16H17ClN2O5S. The van der Waals surface area contributed by atoms with E-state index >= 15 is 0 Å². The summed E-state index contributed by atoms with van der Waals surface area (Å²) in [5.41, 5.74) is 0.759. The number of hydrogen-bond acceptors (Lipinski definition) is 5. The van der Waals surface area contributed by atoms with E-state index in [-0.39, 0.29) is 16.3 Å². The van der Waals surface area contributed by atoms with Gasteiger partial charge in [0.25, 0.3) is 5.91 Å². The summed E-state index contributed by atoms with van der Waals surface area (Å²) in [5.74, 6) is 0.545. The molecule has 25 heavy (non-hydrogen) atoms. The third-order valence-corrected chi connectivity index (χ3v) is 4.10. The SMILES string of the molecule is COc1ccc(OC)c(NC(=O)c2ccc(Cl)c(NS(C)(=O)=O)c2)c1. The average Bonchev–Trinajstić information content (AvgIpc) is 2.55. The van der Waals surface area contributed by atoms with Gasteiger partial charge in [0.05, 0.1) is 36.9 Å². The number of halogens is 1. The zero-order chi connectivity index (χ0) is 18.6. The maximum absolute atomic E-state index is 12.5.